The van der Waals surface area contributed by atoms with Gasteiger partial charge in [-0.1, -0.05) is 34.6 Å². The average Bonchev–Trinajstić information content (AvgIpc) is 2.95. The van der Waals surface area contributed by atoms with Crippen molar-refractivity contribution in [3.05, 3.63) is 0 Å². The second-order valence-corrected chi connectivity index (χ2v) is 10.5. The van der Waals surface area contributed by atoms with Gasteiger partial charge in [0.25, 0.3) is 0 Å². The molecule has 0 bridgehead atoms. The van der Waals surface area contributed by atoms with Crippen LogP contribution in [0.3, 0.4) is 0 Å². The van der Waals surface area contributed by atoms with Crippen LogP contribution in [0.5, 0.6) is 0 Å². The number of hydrogen-bond acceptors (Lipinski definition) is 4. The van der Waals surface area contributed by atoms with Crippen molar-refractivity contribution in [1.29, 1.82) is 0 Å². The number of nitrogens with zero attached hydrogens (tertiary/aromatic N) is 2. The summed E-state index contributed by atoms with van der Waals surface area (Å²) >= 11 is 0. The number of carbonyl (C=O) groups excluding carboxylic acids is 3. The lowest BCUT2D eigenvalue weighted by Crippen LogP contribution is -2.59. The molecule has 29 heavy (non-hydrogen) atoms. The van der Waals surface area contributed by atoms with Crippen LogP contribution >= 0.6 is 0 Å². The molecule has 2 saturated heterocycles. The molecule has 3 fully saturated rings. The Hall–Kier alpha value is -2.12. The van der Waals surface area contributed by atoms with E-state index in [1.165, 1.54) is 4.90 Å². The van der Waals surface area contributed by atoms with Gasteiger partial charge in [-0.25, -0.2) is 4.79 Å². The number of hydrogen-bond donors (Lipinski definition) is 2. The summed E-state index contributed by atoms with van der Waals surface area (Å²) in [4.78, 5) is 53.2. The molecule has 1 unspecified atom stereocenters. The first-order valence-corrected chi connectivity index (χ1v) is 10.3. The van der Waals surface area contributed by atoms with E-state index in [4.69, 9.17) is 0 Å². The number of likely N-dealkylation sites (tertiary alicyclic amines) is 2. The lowest BCUT2D eigenvalue weighted by molar-refractivity contribution is -0.153. The smallest absolute Gasteiger partial charge is 0.326 e. The van der Waals surface area contributed by atoms with Crippen LogP contribution in [0.25, 0.3) is 0 Å². The summed E-state index contributed by atoms with van der Waals surface area (Å²) in [7, 11) is 1.71. The quantitative estimate of drug-likeness (QED) is 0.722. The van der Waals surface area contributed by atoms with E-state index in [0.29, 0.717) is 19.5 Å². The van der Waals surface area contributed by atoms with E-state index >= 15 is 0 Å². The predicted molar refractivity (Wildman–Crippen MR) is 106 cm³/mol. The molecule has 0 aromatic heterocycles. The Morgan fingerprint density at radius 1 is 1.24 bits per heavy atom. The lowest BCUT2D eigenvalue weighted by Gasteiger charge is -2.38. The maximum Gasteiger partial charge on any atom is 0.326 e. The first-order valence-electron chi connectivity index (χ1n) is 10.3. The first kappa shape index (κ1) is 21.6. The molecule has 1 aliphatic carbocycles. The molecule has 3 amide bonds. The highest BCUT2D eigenvalue weighted by atomic mass is 16.4. The minimum absolute atomic E-state index is 0.0493. The first-order chi connectivity index (χ1) is 13.3. The summed E-state index contributed by atoms with van der Waals surface area (Å²) in [5, 5.41) is 12.6. The Bertz CT molecular complexity index is 741. The van der Waals surface area contributed by atoms with Gasteiger partial charge in [0, 0.05) is 38.4 Å². The summed E-state index contributed by atoms with van der Waals surface area (Å²) in [6.45, 7) is 10.6. The highest BCUT2D eigenvalue weighted by molar-refractivity contribution is 5.94. The summed E-state index contributed by atoms with van der Waals surface area (Å²) in [6.07, 6.45) is 0.687. The van der Waals surface area contributed by atoms with Crippen LogP contribution in [-0.4, -0.2) is 70.8 Å². The van der Waals surface area contributed by atoms with Gasteiger partial charge in [0.1, 0.15) is 12.1 Å². The van der Waals surface area contributed by atoms with Crippen molar-refractivity contribution in [2.24, 2.45) is 28.6 Å². The highest BCUT2D eigenvalue weighted by Gasteiger charge is 2.70. The SMILES string of the molecule is CN1CCC(C(=O)N[C@H](C(=O)N2C[C@H]3[C@@H]([C@H]2C(=O)O)C3(C)C)C(C)(C)C)CC1=O. The zero-order chi connectivity index (χ0) is 21.9. The molecule has 2 N–H and O–H groups in total. The second kappa shape index (κ2) is 6.99. The fourth-order valence-corrected chi connectivity index (χ4v) is 5.04. The molecular formula is C21H33N3O5. The molecule has 0 radical (unpaired) electrons. The zero-order valence-electron chi connectivity index (χ0n) is 18.2. The van der Waals surface area contributed by atoms with Crippen LogP contribution in [0.2, 0.25) is 0 Å². The number of piperidine rings is 2. The highest BCUT2D eigenvalue weighted by Crippen LogP contribution is 2.65. The Labute approximate surface area is 172 Å². The Balaban J connectivity index is 1.76. The van der Waals surface area contributed by atoms with Gasteiger partial charge < -0.3 is 20.2 Å². The topological polar surface area (TPSA) is 107 Å². The third-order valence-corrected chi connectivity index (χ3v) is 7.17. The van der Waals surface area contributed by atoms with E-state index in [1.807, 2.05) is 34.6 Å². The van der Waals surface area contributed by atoms with Gasteiger partial charge in [-0.3, -0.25) is 14.4 Å². The molecular weight excluding hydrogens is 374 g/mol. The molecule has 0 aromatic rings. The Morgan fingerprint density at radius 2 is 1.86 bits per heavy atom. The van der Waals surface area contributed by atoms with Gasteiger partial charge in [-0.05, 0) is 23.2 Å². The monoisotopic (exact) mass is 407 g/mol. The molecule has 8 nitrogen and oxygen atoms in total. The van der Waals surface area contributed by atoms with E-state index < -0.39 is 29.4 Å². The zero-order valence-corrected chi connectivity index (χ0v) is 18.2. The molecule has 5 atom stereocenters. The van der Waals surface area contributed by atoms with Crippen molar-refractivity contribution in [2.45, 2.75) is 59.5 Å². The molecule has 2 heterocycles. The summed E-state index contributed by atoms with van der Waals surface area (Å²) < 4.78 is 0. The van der Waals surface area contributed by atoms with Gasteiger partial charge >= 0.3 is 5.97 Å². The number of rotatable bonds is 4. The molecule has 162 valence electrons. The van der Waals surface area contributed by atoms with Gasteiger partial charge in [0.15, 0.2) is 0 Å². The van der Waals surface area contributed by atoms with Crippen LogP contribution in [0.15, 0.2) is 0 Å². The van der Waals surface area contributed by atoms with E-state index in [2.05, 4.69) is 5.32 Å². The van der Waals surface area contributed by atoms with E-state index in [1.54, 1.807) is 11.9 Å². The van der Waals surface area contributed by atoms with E-state index in [9.17, 15) is 24.3 Å². The molecule has 1 saturated carbocycles. The van der Waals surface area contributed by atoms with Crippen LogP contribution in [0.1, 0.15) is 47.5 Å². The fraction of sp³-hybridized carbons (Fsp3) is 0.810. The minimum atomic E-state index is -0.990. The van der Waals surface area contributed by atoms with Crippen LogP contribution in [-0.2, 0) is 19.2 Å². The molecule has 3 rings (SSSR count). The van der Waals surface area contributed by atoms with Crippen molar-refractivity contribution in [2.75, 3.05) is 20.1 Å². The second-order valence-electron chi connectivity index (χ2n) is 10.5. The molecule has 0 aromatic carbocycles. The van der Waals surface area contributed by atoms with Crippen molar-refractivity contribution in [3.8, 4) is 0 Å². The van der Waals surface area contributed by atoms with E-state index in [-0.39, 0.29) is 41.4 Å². The molecule has 0 spiro atoms. The van der Waals surface area contributed by atoms with Crippen molar-refractivity contribution in [3.63, 3.8) is 0 Å². The number of fused-ring (bicyclic) bond motifs is 1. The number of nitrogens with one attached hydrogen (secondary N) is 1. The Kier molecular flexibility index (Phi) is 5.20. The van der Waals surface area contributed by atoms with Gasteiger partial charge in [-0.2, -0.15) is 0 Å². The normalized spacial score (nSPS) is 31.9. The number of carboxylic acids is 1. The van der Waals surface area contributed by atoms with Gasteiger partial charge in [0.05, 0.1) is 0 Å². The van der Waals surface area contributed by atoms with Crippen molar-refractivity contribution < 1.29 is 24.3 Å². The largest absolute Gasteiger partial charge is 0.480 e. The van der Waals surface area contributed by atoms with E-state index in [0.717, 1.165) is 0 Å². The van der Waals surface area contributed by atoms with Crippen molar-refractivity contribution >= 4 is 23.7 Å². The summed E-state index contributed by atoms with van der Waals surface area (Å²) in [5.41, 5.74) is -0.664. The fourth-order valence-electron chi connectivity index (χ4n) is 5.04. The van der Waals surface area contributed by atoms with Crippen molar-refractivity contribution in [1.82, 2.24) is 15.1 Å². The summed E-state index contributed by atoms with van der Waals surface area (Å²) in [5.74, 6) is -2.06. The third kappa shape index (κ3) is 3.73. The summed E-state index contributed by atoms with van der Waals surface area (Å²) in [6, 6.07) is -1.69. The van der Waals surface area contributed by atoms with Crippen LogP contribution in [0.4, 0.5) is 0 Å². The lowest BCUT2D eigenvalue weighted by atomic mass is 9.84. The number of carboxylic acid groups (broad SMARTS) is 1. The number of amides is 3. The maximum atomic E-state index is 13.4. The maximum absolute atomic E-state index is 13.4. The minimum Gasteiger partial charge on any atom is -0.480 e. The average molecular weight is 408 g/mol. The number of aliphatic carboxylic acids is 1. The van der Waals surface area contributed by atoms with Crippen LogP contribution < -0.4 is 5.32 Å². The molecule has 3 aliphatic rings. The van der Waals surface area contributed by atoms with Crippen LogP contribution in [0, 0.1) is 28.6 Å². The third-order valence-electron chi connectivity index (χ3n) is 7.17. The Morgan fingerprint density at radius 3 is 2.38 bits per heavy atom. The van der Waals surface area contributed by atoms with Gasteiger partial charge in [-0.15, -0.1) is 0 Å². The predicted octanol–water partition coefficient (Wildman–Crippen LogP) is 0.953. The standard InChI is InChI=1S/C21H33N3O5/c1-20(2,3)16(22-17(26)11-7-8-23(6)13(25)9-11)18(27)24-10-12-14(21(12,4)5)15(24)19(28)29/h11-12,14-16H,7-10H2,1-6H3,(H,22,26)(H,28,29)/t11?,12-,14-,15-,16+/m0/s1. The molecule has 8 heteroatoms. The van der Waals surface area contributed by atoms with Gasteiger partial charge in [0.2, 0.25) is 17.7 Å². The molecule has 2 aliphatic heterocycles. The number of carbonyl (C=O) groups is 4.